The van der Waals surface area contributed by atoms with Gasteiger partial charge in [0.1, 0.15) is 0 Å². The maximum absolute atomic E-state index is 13.3. The molecule has 3 aliphatic rings. The molecule has 8 heteroatoms. The van der Waals surface area contributed by atoms with Crippen LogP contribution >= 0.6 is 0 Å². The highest BCUT2D eigenvalue weighted by Gasteiger charge is 2.55. The van der Waals surface area contributed by atoms with Gasteiger partial charge in [0.25, 0.3) is 5.91 Å². The molecule has 192 valence electrons. The summed E-state index contributed by atoms with van der Waals surface area (Å²) in [5, 5.41) is 11.4. The largest absolute Gasteiger partial charge is 0.481 e. The number of nitrogens with zero attached hydrogens (tertiary/aromatic N) is 1. The van der Waals surface area contributed by atoms with Gasteiger partial charge in [-0.15, -0.1) is 0 Å². The first-order valence-electron chi connectivity index (χ1n) is 12.7. The Morgan fingerprint density at radius 1 is 1.14 bits per heavy atom. The number of aryl methyl sites for hydroxylation is 1. The molecular weight excluding hydrogens is 469 g/mol. The molecule has 3 aliphatic carbocycles. The maximum Gasteiger partial charge on any atom is 0.417 e. The van der Waals surface area contributed by atoms with Gasteiger partial charge in [0, 0.05) is 24.5 Å². The quantitative estimate of drug-likeness (QED) is 0.532. The van der Waals surface area contributed by atoms with Crippen LogP contribution < -0.4 is 5.32 Å². The molecule has 0 aliphatic heterocycles. The first kappa shape index (κ1) is 24.8. The summed E-state index contributed by atoms with van der Waals surface area (Å²) in [6, 6.07) is 7.14. The summed E-state index contributed by atoms with van der Waals surface area (Å²) < 4.78 is 40.0. The maximum atomic E-state index is 13.3. The summed E-state index contributed by atoms with van der Waals surface area (Å²) in [6.45, 7) is 2.37. The highest BCUT2D eigenvalue weighted by atomic mass is 19.4. The minimum absolute atomic E-state index is 0.0471. The molecule has 1 heterocycles. The predicted octanol–water partition coefficient (Wildman–Crippen LogP) is 5.94. The van der Waals surface area contributed by atoms with Crippen molar-refractivity contribution in [1.82, 2.24) is 10.3 Å². The lowest BCUT2D eigenvalue weighted by Crippen LogP contribution is -2.41. The first-order chi connectivity index (χ1) is 17.1. The Morgan fingerprint density at radius 3 is 2.69 bits per heavy atom. The van der Waals surface area contributed by atoms with Crippen LogP contribution in [-0.2, 0) is 17.4 Å². The number of carboxylic acids is 1. The van der Waals surface area contributed by atoms with Crippen LogP contribution in [0.4, 0.5) is 13.2 Å². The molecular formula is C28H31F3N2O3. The van der Waals surface area contributed by atoms with Gasteiger partial charge in [-0.05, 0) is 103 Å². The van der Waals surface area contributed by atoms with Crippen LogP contribution in [-0.4, -0.2) is 28.5 Å². The third kappa shape index (κ3) is 4.39. The molecule has 1 amide bonds. The number of aromatic nitrogens is 1. The minimum atomic E-state index is -4.39. The monoisotopic (exact) mass is 500 g/mol. The molecule has 2 N–H and O–H groups in total. The number of benzene rings is 1. The van der Waals surface area contributed by atoms with Crippen LogP contribution in [0.5, 0.6) is 0 Å². The van der Waals surface area contributed by atoms with Gasteiger partial charge in [-0.1, -0.05) is 13.0 Å². The summed E-state index contributed by atoms with van der Waals surface area (Å²) in [7, 11) is 0. The fourth-order valence-electron chi connectivity index (χ4n) is 7.46. The number of fused-ring (bicyclic) bond motifs is 5. The fraction of sp³-hybridized carbons (Fsp3) is 0.536. The number of aliphatic carboxylic acids is 1. The molecule has 0 radical (unpaired) electrons. The van der Waals surface area contributed by atoms with Crippen molar-refractivity contribution in [3.63, 3.8) is 0 Å². The van der Waals surface area contributed by atoms with Crippen molar-refractivity contribution >= 4 is 11.9 Å². The van der Waals surface area contributed by atoms with E-state index in [9.17, 15) is 22.8 Å². The predicted molar refractivity (Wildman–Crippen MR) is 128 cm³/mol. The lowest BCUT2D eigenvalue weighted by molar-refractivity contribution is -0.138. The highest BCUT2D eigenvalue weighted by molar-refractivity contribution is 5.94. The molecule has 2 saturated carbocycles. The minimum Gasteiger partial charge on any atom is -0.481 e. The van der Waals surface area contributed by atoms with Crippen LogP contribution in [0.2, 0.25) is 0 Å². The van der Waals surface area contributed by atoms with E-state index in [2.05, 4.69) is 23.3 Å². The Bertz CT molecular complexity index is 1180. The topological polar surface area (TPSA) is 79.3 Å². The van der Waals surface area contributed by atoms with Crippen molar-refractivity contribution in [2.45, 2.75) is 69.9 Å². The summed E-state index contributed by atoms with van der Waals surface area (Å²) in [6.07, 6.45) is 3.75. The Balaban J connectivity index is 1.34. The zero-order valence-electron chi connectivity index (χ0n) is 20.3. The molecule has 0 unspecified atom stereocenters. The smallest absolute Gasteiger partial charge is 0.417 e. The van der Waals surface area contributed by atoms with E-state index >= 15 is 0 Å². The number of alkyl halides is 3. The van der Waals surface area contributed by atoms with Crippen molar-refractivity contribution in [2.24, 2.45) is 17.3 Å². The number of hydrogen-bond acceptors (Lipinski definition) is 3. The molecule has 36 heavy (non-hydrogen) atoms. The summed E-state index contributed by atoms with van der Waals surface area (Å²) in [4.78, 5) is 27.1. The molecule has 2 aromatic rings. The Kier molecular flexibility index (Phi) is 6.33. The molecule has 5 rings (SSSR count). The third-order valence-corrected chi connectivity index (χ3v) is 9.10. The van der Waals surface area contributed by atoms with Gasteiger partial charge in [0.05, 0.1) is 12.0 Å². The zero-order valence-corrected chi connectivity index (χ0v) is 20.3. The second-order valence-corrected chi connectivity index (χ2v) is 10.9. The highest BCUT2D eigenvalue weighted by Crippen LogP contribution is 2.65. The number of carbonyl (C=O) groups is 2. The molecule has 2 fully saturated rings. The molecule has 0 saturated heterocycles. The molecule has 1 aromatic carbocycles. The molecule has 0 spiro atoms. The Morgan fingerprint density at radius 2 is 1.94 bits per heavy atom. The molecule has 5 nitrogen and oxygen atoms in total. The van der Waals surface area contributed by atoms with E-state index in [1.54, 1.807) is 6.20 Å². The number of carbonyl (C=O) groups excluding carboxylic acids is 1. The SMILES string of the molecule is C[C@]12CC[C@@H]3c4ccc(C(=O)NCCC(=O)O)cc4CC[C@H]3[C@@H]1CC[C@@H]2c1cncc(C(F)(F)F)c1. The van der Waals surface area contributed by atoms with E-state index in [4.69, 9.17) is 5.11 Å². The van der Waals surface area contributed by atoms with Gasteiger partial charge in [-0.3, -0.25) is 14.6 Å². The van der Waals surface area contributed by atoms with E-state index in [-0.39, 0.29) is 30.2 Å². The summed E-state index contributed by atoms with van der Waals surface area (Å²) >= 11 is 0. The standard InChI is InChI=1S/C28H31F3N2O3/c1-27-10-8-21-20-4-3-17(26(36)33-11-9-25(34)35)12-16(20)2-5-22(21)24(27)7-6-23(27)18-13-19(15-32-14-18)28(29,30)31/h3-4,12-15,21-24H,2,5-11H2,1H3,(H,33,36)(H,34,35)/t21-,22-,23-,24+,27-/m1/s1. The van der Waals surface area contributed by atoms with Crippen LogP contribution in [0.15, 0.2) is 36.7 Å². The lowest BCUT2D eigenvalue weighted by Gasteiger charge is -2.51. The van der Waals surface area contributed by atoms with Crippen molar-refractivity contribution in [2.75, 3.05) is 6.54 Å². The Hall–Kier alpha value is -2.90. The van der Waals surface area contributed by atoms with Crippen molar-refractivity contribution in [3.05, 3.63) is 64.5 Å². The molecule has 5 atom stereocenters. The number of nitrogens with one attached hydrogen (secondary N) is 1. The van der Waals surface area contributed by atoms with E-state index in [1.165, 1.54) is 17.2 Å². The molecule has 1 aromatic heterocycles. The van der Waals surface area contributed by atoms with Crippen molar-refractivity contribution < 1.29 is 27.9 Å². The first-order valence-corrected chi connectivity index (χ1v) is 12.7. The second-order valence-electron chi connectivity index (χ2n) is 10.9. The average molecular weight is 501 g/mol. The average Bonchev–Trinajstić information content (AvgIpc) is 3.20. The van der Waals surface area contributed by atoms with Crippen molar-refractivity contribution in [3.8, 4) is 0 Å². The zero-order chi connectivity index (χ0) is 25.7. The number of pyridine rings is 1. The van der Waals surface area contributed by atoms with Gasteiger partial charge in [-0.2, -0.15) is 13.2 Å². The van der Waals surface area contributed by atoms with Gasteiger partial charge in [0.15, 0.2) is 0 Å². The summed E-state index contributed by atoms with van der Waals surface area (Å²) in [5.41, 5.74) is 3.02. The van der Waals surface area contributed by atoms with Crippen LogP contribution in [0.25, 0.3) is 0 Å². The fourth-order valence-corrected chi connectivity index (χ4v) is 7.46. The number of carboxylic acid groups (broad SMARTS) is 1. The molecule has 0 bridgehead atoms. The van der Waals surface area contributed by atoms with Crippen LogP contribution in [0, 0.1) is 17.3 Å². The van der Waals surface area contributed by atoms with E-state index < -0.39 is 17.7 Å². The van der Waals surface area contributed by atoms with E-state index in [0.29, 0.717) is 28.9 Å². The lowest BCUT2D eigenvalue weighted by atomic mass is 9.53. The number of hydrogen-bond donors (Lipinski definition) is 2. The van der Waals surface area contributed by atoms with Crippen molar-refractivity contribution in [1.29, 1.82) is 0 Å². The Labute approximate surface area is 208 Å². The normalized spacial score (nSPS) is 29.1. The number of amides is 1. The number of halogens is 3. The summed E-state index contributed by atoms with van der Waals surface area (Å²) in [5.74, 6) is 0.198. The van der Waals surface area contributed by atoms with Gasteiger partial charge in [-0.25, -0.2) is 0 Å². The number of rotatable bonds is 5. The third-order valence-electron chi connectivity index (χ3n) is 9.10. The second kappa shape index (κ2) is 9.20. The van der Waals surface area contributed by atoms with E-state index in [0.717, 1.165) is 44.7 Å². The van der Waals surface area contributed by atoms with Gasteiger partial charge < -0.3 is 10.4 Å². The van der Waals surface area contributed by atoms with Gasteiger partial charge in [0.2, 0.25) is 0 Å². The van der Waals surface area contributed by atoms with E-state index in [1.807, 2.05) is 12.1 Å². The van der Waals surface area contributed by atoms with Crippen LogP contribution in [0.3, 0.4) is 0 Å². The van der Waals surface area contributed by atoms with Gasteiger partial charge >= 0.3 is 12.1 Å². The van der Waals surface area contributed by atoms with Crippen LogP contribution in [0.1, 0.15) is 89.9 Å².